The minimum Gasteiger partial charge on any atom is -0.341 e. The van der Waals surface area contributed by atoms with Gasteiger partial charge < -0.3 is 4.90 Å². The number of thiophene rings is 1. The van der Waals surface area contributed by atoms with Gasteiger partial charge >= 0.3 is 0 Å². The number of carbonyl (C=O) groups is 1. The van der Waals surface area contributed by atoms with Gasteiger partial charge in [-0.05, 0) is 67.8 Å². The van der Waals surface area contributed by atoms with E-state index in [1.54, 1.807) is 11.3 Å². The highest BCUT2D eigenvalue weighted by atomic mass is 32.1. The van der Waals surface area contributed by atoms with Crippen LogP contribution in [0.3, 0.4) is 0 Å². The highest BCUT2D eigenvalue weighted by molar-refractivity contribution is 7.71. The van der Waals surface area contributed by atoms with Gasteiger partial charge in [0, 0.05) is 13.1 Å². The first-order chi connectivity index (χ1) is 14.1. The first-order valence-corrected chi connectivity index (χ1v) is 11.4. The predicted molar refractivity (Wildman–Crippen MR) is 120 cm³/mol. The van der Waals surface area contributed by atoms with Crippen LogP contribution in [0.15, 0.2) is 47.8 Å². The Labute approximate surface area is 180 Å². The van der Waals surface area contributed by atoms with Crippen molar-refractivity contribution in [1.82, 2.24) is 19.7 Å². The zero-order valence-corrected chi connectivity index (χ0v) is 18.4. The fourth-order valence-electron chi connectivity index (χ4n) is 4.35. The normalized spacial score (nSPS) is 20.3. The molecule has 5 nitrogen and oxygen atoms in total. The number of H-pyrrole nitrogens is 1. The van der Waals surface area contributed by atoms with Gasteiger partial charge in [0.2, 0.25) is 5.91 Å². The molecule has 1 aliphatic carbocycles. The maximum Gasteiger partial charge on any atom is 0.245 e. The quantitative estimate of drug-likeness (QED) is 0.555. The summed E-state index contributed by atoms with van der Waals surface area (Å²) in [6.07, 6.45) is 4.30. The topological polar surface area (TPSA) is 53.9 Å². The number of carbonyl (C=O) groups excluding carboxylic acids is 1. The van der Waals surface area contributed by atoms with Gasteiger partial charge in [0.05, 0.1) is 4.88 Å². The molecule has 1 saturated carbocycles. The molecule has 4 rings (SSSR count). The Hall–Kier alpha value is -2.25. The van der Waals surface area contributed by atoms with Crippen LogP contribution in [0, 0.1) is 4.77 Å². The van der Waals surface area contributed by atoms with E-state index >= 15 is 0 Å². The highest BCUT2D eigenvalue weighted by Gasteiger charge is 2.31. The number of nitrogens with one attached hydrogen (secondary N) is 1. The number of rotatable bonds is 5. The van der Waals surface area contributed by atoms with Crippen LogP contribution in [-0.2, 0) is 4.79 Å². The Morgan fingerprint density at radius 1 is 1.21 bits per heavy atom. The first kappa shape index (κ1) is 20.0. The summed E-state index contributed by atoms with van der Waals surface area (Å²) in [5.41, 5.74) is 1.42. The van der Waals surface area contributed by atoms with Gasteiger partial charge in [-0.15, -0.1) is 11.3 Å². The van der Waals surface area contributed by atoms with Gasteiger partial charge in [-0.2, -0.15) is 5.10 Å². The minimum atomic E-state index is -0.393. The van der Waals surface area contributed by atoms with Crippen LogP contribution >= 0.6 is 23.6 Å². The van der Waals surface area contributed by atoms with Gasteiger partial charge in [-0.3, -0.25) is 14.5 Å². The van der Waals surface area contributed by atoms with Crippen LogP contribution in [-0.4, -0.2) is 38.7 Å². The summed E-state index contributed by atoms with van der Waals surface area (Å²) >= 11 is 7.03. The predicted octanol–water partition coefficient (Wildman–Crippen LogP) is 5.41. The third-order valence-electron chi connectivity index (χ3n) is 6.05. The first-order valence-electron chi connectivity index (χ1n) is 10.1. The molecule has 7 heteroatoms. The summed E-state index contributed by atoms with van der Waals surface area (Å²) < 4.78 is 2.32. The number of nitrogens with zero attached hydrogens (tertiary/aromatic N) is 3. The van der Waals surface area contributed by atoms with Crippen molar-refractivity contribution in [2.45, 2.75) is 50.6 Å². The molecule has 0 bridgehead atoms. The van der Waals surface area contributed by atoms with Crippen molar-refractivity contribution < 1.29 is 4.79 Å². The van der Waals surface area contributed by atoms with Crippen LogP contribution in [0.4, 0.5) is 0 Å². The lowest BCUT2D eigenvalue weighted by molar-refractivity contribution is -0.135. The van der Waals surface area contributed by atoms with Gasteiger partial charge in [0.15, 0.2) is 10.6 Å². The van der Waals surface area contributed by atoms with E-state index < -0.39 is 6.04 Å². The van der Waals surface area contributed by atoms with Crippen LogP contribution < -0.4 is 0 Å². The fraction of sp³-hybridized carbons (Fsp3) is 0.409. The van der Waals surface area contributed by atoms with Crippen molar-refractivity contribution in [2.24, 2.45) is 0 Å². The molecule has 152 valence electrons. The zero-order chi connectivity index (χ0) is 20.4. The number of likely N-dealkylation sites (N-methyl/N-ethyl adjacent to an activating group) is 1. The highest BCUT2D eigenvalue weighted by Crippen LogP contribution is 2.35. The number of aromatic nitrogens is 3. The molecule has 1 aromatic carbocycles. The molecular formula is C22H26N4OS2. The second kappa shape index (κ2) is 8.63. The summed E-state index contributed by atoms with van der Waals surface area (Å²) in [4.78, 5) is 16.2. The van der Waals surface area contributed by atoms with E-state index in [4.69, 9.17) is 12.2 Å². The number of aromatic amines is 1. The molecule has 29 heavy (non-hydrogen) atoms. The molecular weight excluding hydrogens is 400 g/mol. The van der Waals surface area contributed by atoms with Crippen molar-refractivity contribution in [3.05, 3.63) is 58.2 Å². The largest absolute Gasteiger partial charge is 0.341 e. The maximum absolute atomic E-state index is 13.3. The van der Waals surface area contributed by atoms with Gasteiger partial charge in [-0.1, -0.05) is 36.4 Å². The van der Waals surface area contributed by atoms with Crippen LogP contribution in [0.5, 0.6) is 0 Å². The fourth-order valence-corrected chi connectivity index (χ4v) is 5.35. The summed E-state index contributed by atoms with van der Waals surface area (Å²) in [5, 5.41) is 9.22. The molecule has 2 aromatic heterocycles. The third-order valence-corrected chi connectivity index (χ3v) is 7.21. The zero-order valence-electron chi connectivity index (χ0n) is 16.7. The molecule has 0 spiro atoms. The second-order valence-electron chi connectivity index (χ2n) is 7.74. The van der Waals surface area contributed by atoms with E-state index in [0.29, 0.717) is 10.7 Å². The lowest BCUT2D eigenvalue weighted by Gasteiger charge is -2.36. The Morgan fingerprint density at radius 3 is 2.59 bits per heavy atom. The standard InChI is InChI=1S/C22H26N4OS2/c1-15(26-20(23-24-22(26)28)19-9-6-14-29-19)21(27)25(2)18-12-10-17(11-13-18)16-7-4-3-5-8-16/h3-9,14-15,17-18H,10-13H2,1-2H3,(H,24,28). The van der Waals surface area contributed by atoms with Crippen LogP contribution in [0.2, 0.25) is 0 Å². The van der Waals surface area contributed by atoms with Gasteiger partial charge in [0.25, 0.3) is 0 Å². The summed E-state index contributed by atoms with van der Waals surface area (Å²) in [7, 11) is 1.93. The molecule has 2 heterocycles. The molecule has 3 aromatic rings. The second-order valence-corrected chi connectivity index (χ2v) is 9.08. The van der Waals surface area contributed by atoms with E-state index in [1.165, 1.54) is 5.56 Å². The smallest absolute Gasteiger partial charge is 0.245 e. The number of hydrogen-bond donors (Lipinski definition) is 1. The molecule has 1 unspecified atom stereocenters. The van der Waals surface area contributed by atoms with Crippen molar-refractivity contribution in [1.29, 1.82) is 0 Å². The Bertz CT molecular complexity index is 1000. The lowest BCUT2D eigenvalue weighted by atomic mass is 9.81. The molecule has 1 N–H and O–H groups in total. The van der Waals surface area contributed by atoms with Gasteiger partial charge in [-0.25, -0.2) is 0 Å². The number of amides is 1. The number of hydrogen-bond acceptors (Lipinski definition) is 4. The van der Waals surface area contributed by atoms with Crippen molar-refractivity contribution in [3.8, 4) is 10.7 Å². The van der Waals surface area contributed by atoms with E-state index in [-0.39, 0.29) is 11.9 Å². The minimum absolute atomic E-state index is 0.0865. The number of benzene rings is 1. The van der Waals surface area contributed by atoms with E-state index in [2.05, 4.69) is 40.5 Å². The molecule has 1 aliphatic rings. The van der Waals surface area contributed by atoms with E-state index in [9.17, 15) is 4.79 Å². The molecule has 1 amide bonds. The van der Waals surface area contributed by atoms with E-state index in [0.717, 1.165) is 36.4 Å². The van der Waals surface area contributed by atoms with Gasteiger partial charge in [0.1, 0.15) is 6.04 Å². The summed E-state index contributed by atoms with van der Waals surface area (Å²) in [6, 6.07) is 14.6. The van der Waals surface area contributed by atoms with Crippen molar-refractivity contribution in [2.75, 3.05) is 7.05 Å². The Balaban J connectivity index is 1.45. The monoisotopic (exact) mass is 426 g/mol. The summed E-state index contributed by atoms with van der Waals surface area (Å²) in [5.74, 6) is 1.41. The molecule has 1 atom stereocenters. The Morgan fingerprint density at radius 2 is 1.93 bits per heavy atom. The molecule has 0 aliphatic heterocycles. The summed E-state index contributed by atoms with van der Waals surface area (Å²) in [6.45, 7) is 1.91. The maximum atomic E-state index is 13.3. The lowest BCUT2D eigenvalue weighted by Crippen LogP contribution is -2.42. The Kier molecular flexibility index (Phi) is 5.96. The van der Waals surface area contributed by atoms with Crippen molar-refractivity contribution in [3.63, 3.8) is 0 Å². The van der Waals surface area contributed by atoms with Crippen LogP contribution in [0.1, 0.15) is 50.1 Å². The molecule has 0 saturated heterocycles. The third kappa shape index (κ3) is 4.07. The molecule has 0 radical (unpaired) electrons. The SMILES string of the molecule is CC(C(=O)N(C)C1CCC(c2ccccc2)CC1)n1c(-c2cccs2)n[nH]c1=S. The van der Waals surface area contributed by atoms with Crippen molar-refractivity contribution >= 4 is 29.5 Å². The average Bonchev–Trinajstić information content (AvgIpc) is 3.42. The average molecular weight is 427 g/mol. The molecule has 1 fully saturated rings. The van der Waals surface area contributed by atoms with E-state index in [1.807, 2.05) is 41.0 Å². The van der Waals surface area contributed by atoms with Crippen LogP contribution in [0.25, 0.3) is 10.7 Å².